The van der Waals surface area contributed by atoms with Gasteiger partial charge in [-0.15, -0.1) is 0 Å². The molecule has 0 N–H and O–H groups in total. The molecule has 0 heterocycles. The predicted octanol–water partition coefficient (Wildman–Crippen LogP) is 10.5. The summed E-state index contributed by atoms with van der Waals surface area (Å²) in [6.07, 6.45) is 5.84. The van der Waals surface area contributed by atoms with E-state index in [-0.39, 0.29) is 5.41 Å². The molecule has 2 aliphatic rings. The Morgan fingerprint density at radius 2 is 1.17 bits per heavy atom. The summed E-state index contributed by atoms with van der Waals surface area (Å²) in [5.74, 6) is 0. The largest absolute Gasteiger partial charge is 0.0720 e. The summed E-state index contributed by atoms with van der Waals surface area (Å²) in [5.41, 5.74) is 11.7. The van der Waals surface area contributed by atoms with Crippen LogP contribution in [0.1, 0.15) is 41.2 Å². The zero-order valence-electron chi connectivity index (χ0n) is 23.1. The van der Waals surface area contributed by atoms with E-state index in [4.69, 9.17) is 0 Å². The second-order valence-corrected chi connectivity index (χ2v) is 11.3. The van der Waals surface area contributed by atoms with Gasteiger partial charge in [-0.1, -0.05) is 146 Å². The van der Waals surface area contributed by atoms with E-state index in [0.29, 0.717) is 0 Å². The van der Waals surface area contributed by atoms with Crippen molar-refractivity contribution in [3.8, 4) is 0 Å². The number of rotatable bonds is 3. The first-order valence-electron chi connectivity index (χ1n) is 14.5. The maximum Gasteiger partial charge on any atom is 0.0710 e. The normalized spacial score (nSPS) is 15.7. The lowest BCUT2D eigenvalue weighted by Crippen LogP contribution is -2.29. The Morgan fingerprint density at radius 3 is 1.93 bits per heavy atom. The molecule has 0 radical (unpaired) electrons. The molecule has 0 amide bonds. The molecule has 0 bridgehead atoms. The molecular weight excluding hydrogens is 492 g/mol. The van der Waals surface area contributed by atoms with Gasteiger partial charge in [-0.2, -0.15) is 0 Å². The number of hydrogen-bond donors (Lipinski definition) is 0. The summed E-state index contributed by atoms with van der Waals surface area (Å²) in [4.78, 5) is 0. The van der Waals surface area contributed by atoms with E-state index in [2.05, 4.69) is 159 Å². The zero-order chi connectivity index (χ0) is 27.4. The second kappa shape index (κ2) is 9.32. The van der Waals surface area contributed by atoms with E-state index < -0.39 is 0 Å². The van der Waals surface area contributed by atoms with Gasteiger partial charge in [-0.25, -0.2) is 0 Å². The lowest BCUT2D eigenvalue weighted by atomic mass is 9.66. The van der Waals surface area contributed by atoms with Crippen LogP contribution in [0.2, 0.25) is 0 Å². The molecule has 0 saturated heterocycles. The highest BCUT2D eigenvalue weighted by Crippen LogP contribution is 2.57. The highest BCUT2D eigenvalue weighted by Gasteiger charge is 2.46. The molecule has 0 spiro atoms. The van der Waals surface area contributed by atoms with Crippen molar-refractivity contribution in [2.75, 3.05) is 0 Å². The third-order valence-electron chi connectivity index (χ3n) is 9.15. The van der Waals surface area contributed by atoms with Gasteiger partial charge in [0.25, 0.3) is 0 Å². The van der Waals surface area contributed by atoms with Crippen molar-refractivity contribution in [2.24, 2.45) is 0 Å². The second-order valence-electron chi connectivity index (χ2n) is 11.3. The Balaban J connectivity index is 1.36. The van der Waals surface area contributed by atoms with Crippen LogP contribution in [0.3, 0.4) is 0 Å². The SMILES string of the molecule is CC1=CC2=C(CC=C1c1ccc3ccc4ccccc4c3c1)c1ccccc1C2(c1ccccc1)c1ccccc1. The van der Waals surface area contributed by atoms with Gasteiger partial charge in [0.05, 0.1) is 5.41 Å². The molecule has 0 aromatic heterocycles. The summed E-state index contributed by atoms with van der Waals surface area (Å²) >= 11 is 0. The van der Waals surface area contributed by atoms with Crippen molar-refractivity contribution in [1.82, 2.24) is 0 Å². The first-order chi connectivity index (χ1) is 20.2. The van der Waals surface area contributed by atoms with Gasteiger partial charge >= 0.3 is 0 Å². The van der Waals surface area contributed by atoms with Gasteiger partial charge in [0.1, 0.15) is 0 Å². The molecule has 0 heteroatoms. The van der Waals surface area contributed by atoms with Gasteiger partial charge in [0, 0.05) is 0 Å². The molecule has 0 aliphatic heterocycles. The minimum atomic E-state index is -0.363. The highest BCUT2D eigenvalue weighted by molar-refractivity contribution is 6.08. The van der Waals surface area contributed by atoms with Crippen molar-refractivity contribution in [3.63, 3.8) is 0 Å². The fourth-order valence-electron chi connectivity index (χ4n) is 7.34. The van der Waals surface area contributed by atoms with Crippen molar-refractivity contribution < 1.29 is 0 Å². The fourth-order valence-corrected chi connectivity index (χ4v) is 7.34. The van der Waals surface area contributed by atoms with Crippen LogP contribution in [0.25, 0.3) is 32.7 Å². The Labute approximate surface area is 241 Å². The summed E-state index contributed by atoms with van der Waals surface area (Å²) in [6.45, 7) is 2.29. The monoisotopic (exact) mass is 522 g/mol. The first kappa shape index (κ1) is 23.9. The molecule has 2 aliphatic carbocycles. The van der Waals surface area contributed by atoms with E-state index in [0.717, 1.165) is 6.42 Å². The van der Waals surface area contributed by atoms with Crippen LogP contribution < -0.4 is 0 Å². The standard InChI is InChI=1S/C41H30/c1-28-26-40-37(25-24-34(28)31-23-22-30-21-20-29-12-8-9-17-35(29)38(30)27-31)36-18-10-11-19-39(36)41(40,32-13-4-2-5-14-32)33-15-6-3-7-16-33/h2-24,26-27H,25H2,1H3. The number of fused-ring (bicyclic) bond motifs is 5. The molecule has 0 nitrogen and oxygen atoms in total. The Bertz CT molecular complexity index is 2010. The lowest BCUT2D eigenvalue weighted by molar-refractivity contribution is 0.760. The van der Waals surface area contributed by atoms with Crippen LogP contribution in [0.5, 0.6) is 0 Å². The number of hydrogen-bond acceptors (Lipinski definition) is 0. The first-order valence-corrected chi connectivity index (χ1v) is 14.5. The summed E-state index contributed by atoms with van der Waals surface area (Å²) in [7, 11) is 0. The molecule has 41 heavy (non-hydrogen) atoms. The van der Waals surface area contributed by atoms with E-state index in [1.807, 2.05) is 0 Å². The third-order valence-corrected chi connectivity index (χ3v) is 9.15. The van der Waals surface area contributed by atoms with Gasteiger partial charge in [0.2, 0.25) is 0 Å². The van der Waals surface area contributed by atoms with Crippen LogP contribution in [0.15, 0.2) is 163 Å². The van der Waals surface area contributed by atoms with Gasteiger partial charge in [-0.3, -0.25) is 0 Å². The molecule has 0 unspecified atom stereocenters. The molecule has 6 aromatic rings. The van der Waals surface area contributed by atoms with Crippen LogP contribution in [-0.4, -0.2) is 0 Å². The lowest BCUT2D eigenvalue weighted by Gasteiger charge is -2.35. The third kappa shape index (κ3) is 3.54. The van der Waals surface area contributed by atoms with E-state index >= 15 is 0 Å². The molecule has 194 valence electrons. The fraction of sp³-hybridized carbons (Fsp3) is 0.0732. The minimum absolute atomic E-state index is 0.363. The summed E-state index contributed by atoms with van der Waals surface area (Å²) < 4.78 is 0. The number of benzene rings is 6. The molecule has 0 fully saturated rings. The smallest absolute Gasteiger partial charge is 0.0710 e. The summed E-state index contributed by atoms with van der Waals surface area (Å²) in [6, 6.07) is 51.4. The molecule has 0 atom stereocenters. The van der Waals surface area contributed by atoms with Crippen molar-refractivity contribution in [2.45, 2.75) is 18.8 Å². The Hall–Kier alpha value is -4.94. The summed E-state index contributed by atoms with van der Waals surface area (Å²) in [5, 5.41) is 5.19. The molecular formula is C41H30. The number of allylic oxidation sites excluding steroid dienone is 6. The van der Waals surface area contributed by atoms with Crippen molar-refractivity contribution in [3.05, 3.63) is 191 Å². The molecule has 8 rings (SSSR count). The van der Waals surface area contributed by atoms with Crippen molar-refractivity contribution >= 4 is 32.7 Å². The average Bonchev–Trinajstić information content (AvgIpc) is 3.19. The Kier molecular flexibility index (Phi) is 5.43. The van der Waals surface area contributed by atoms with Crippen LogP contribution >= 0.6 is 0 Å². The van der Waals surface area contributed by atoms with E-state index in [1.165, 1.54) is 71.7 Å². The van der Waals surface area contributed by atoms with Crippen LogP contribution in [-0.2, 0) is 5.41 Å². The minimum Gasteiger partial charge on any atom is -0.0720 e. The quantitative estimate of drug-likeness (QED) is 0.203. The maximum atomic E-state index is 2.49. The predicted molar refractivity (Wildman–Crippen MR) is 174 cm³/mol. The van der Waals surface area contributed by atoms with Gasteiger partial charge in [0.15, 0.2) is 0 Å². The van der Waals surface area contributed by atoms with E-state index in [1.54, 1.807) is 0 Å². The van der Waals surface area contributed by atoms with Gasteiger partial charge in [-0.05, 0) is 91.1 Å². The molecule has 0 saturated carbocycles. The van der Waals surface area contributed by atoms with Crippen LogP contribution in [0, 0.1) is 0 Å². The maximum absolute atomic E-state index is 2.49. The Morgan fingerprint density at radius 1 is 0.561 bits per heavy atom. The highest BCUT2D eigenvalue weighted by atomic mass is 14.5. The molecule has 6 aromatic carbocycles. The van der Waals surface area contributed by atoms with E-state index in [9.17, 15) is 0 Å². The van der Waals surface area contributed by atoms with Crippen molar-refractivity contribution in [1.29, 1.82) is 0 Å². The zero-order valence-corrected chi connectivity index (χ0v) is 23.1. The topological polar surface area (TPSA) is 0 Å². The average molecular weight is 523 g/mol. The van der Waals surface area contributed by atoms with Crippen LogP contribution in [0.4, 0.5) is 0 Å². The van der Waals surface area contributed by atoms with Gasteiger partial charge < -0.3 is 0 Å².